The van der Waals surface area contributed by atoms with Crippen LogP contribution in [-0.4, -0.2) is 50.7 Å². The molecule has 2 atom stereocenters. The molecule has 0 saturated carbocycles. The number of hydrogen-bond acceptors (Lipinski definition) is 3. The molecule has 2 aromatic carbocycles. The van der Waals surface area contributed by atoms with Gasteiger partial charge in [-0.3, -0.25) is 0 Å². The van der Waals surface area contributed by atoms with Crippen LogP contribution in [0.1, 0.15) is 29.9 Å². The zero-order valence-corrected chi connectivity index (χ0v) is 20.1. The smallest absolute Gasteiger partial charge is 0.0644 e. The van der Waals surface area contributed by atoms with Gasteiger partial charge in [-0.15, -0.1) is 0 Å². The molecular weight excluding hydrogens is 419 g/mol. The van der Waals surface area contributed by atoms with Gasteiger partial charge >= 0.3 is 0 Å². The van der Waals surface area contributed by atoms with Crippen LogP contribution >= 0.6 is 0 Å². The summed E-state index contributed by atoms with van der Waals surface area (Å²) in [6.45, 7) is 12.0. The number of nitrogens with zero attached hydrogens (tertiary/aromatic N) is 3. The van der Waals surface area contributed by atoms with Gasteiger partial charge in [0.15, 0.2) is 0 Å². The Balaban J connectivity index is 0.000000241. The number of piperidine rings is 1. The van der Waals surface area contributed by atoms with Gasteiger partial charge in [0.2, 0.25) is 0 Å². The van der Waals surface area contributed by atoms with Gasteiger partial charge in [0.05, 0.1) is 11.4 Å². The molecule has 3 nitrogen and oxygen atoms in total. The van der Waals surface area contributed by atoms with Crippen molar-refractivity contribution >= 4 is 11.4 Å². The van der Waals surface area contributed by atoms with E-state index in [0.717, 1.165) is 25.6 Å². The van der Waals surface area contributed by atoms with Crippen LogP contribution in [0, 0.1) is 19.9 Å². The van der Waals surface area contributed by atoms with Crippen LogP contribution in [0.4, 0.5) is 11.4 Å². The van der Waals surface area contributed by atoms with Gasteiger partial charge < -0.3 is 21.6 Å². The minimum atomic E-state index is 0. The summed E-state index contributed by atoms with van der Waals surface area (Å²) in [5, 5.41) is 0. The second-order valence-corrected chi connectivity index (χ2v) is 8.02. The van der Waals surface area contributed by atoms with Gasteiger partial charge in [0.1, 0.15) is 0 Å². The molecule has 1 radical (unpaired) electrons. The van der Waals surface area contributed by atoms with Crippen LogP contribution in [-0.2, 0) is 32.7 Å². The standard InChI is InChI=1S/C17H24N3.C7H7.Y/c1-3-8-19-9-7-15-14(12-19)13-5-4-6-16-17(13)20(15)11-10-18(16)2;1-7-5-3-2-4-6-7;/h4-6,14-15H,1,3,7-12H2,2H3;3-6H,1H3;/q2*-1;/t14-,15-;;/m0../s1. The van der Waals surface area contributed by atoms with Crippen LogP contribution in [0.5, 0.6) is 0 Å². The molecule has 3 aliphatic rings. The maximum Gasteiger partial charge on any atom is 0.0644 e. The molecule has 3 aliphatic heterocycles. The van der Waals surface area contributed by atoms with Crippen molar-refractivity contribution in [3.63, 3.8) is 0 Å². The molecule has 0 aliphatic carbocycles. The van der Waals surface area contributed by atoms with E-state index in [2.05, 4.69) is 59.9 Å². The second kappa shape index (κ2) is 9.74. The van der Waals surface area contributed by atoms with E-state index in [1.807, 2.05) is 24.3 Å². The van der Waals surface area contributed by atoms with Crippen LogP contribution in [0.2, 0.25) is 0 Å². The average Bonchev–Trinajstić information content (AvgIpc) is 3.01. The number of anilines is 2. The number of rotatable bonds is 2. The number of likely N-dealkylation sites (tertiary alicyclic amines) is 1. The van der Waals surface area contributed by atoms with Crippen LogP contribution in [0.15, 0.2) is 42.5 Å². The van der Waals surface area contributed by atoms with Gasteiger partial charge in [-0.2, -0.15) is 42.3 Å². The molecule has 0 amide bonds. The normalized spacial score (nSPS) is 22.5. The molecule has 5 rings (SSSR count). The summed E-state index contributed by atoms with van der Waals surface area (Å²) in [7, 11) is 2.23. The van der Waals surface area contributed by atoms with Crippen molar-refractivity contribution in [3.05, 3.63) is 66.6 Å². The summed E-state index contributed by atoms with van der Waals surface area (Å²) in [6.07, 6.45) is 2.33. The second-order valence-electron chi connectivity index (χ2n) is 8.02. The van der Waals surface area contributed by atoms with Crippen molar-refractivity contribution in [1.29, 1.82) is 0 Å². The molecule has 0 aromatic heterocycles. The molecule has 0 unspecified atom stereocenters. The Bertz CT molecular complexity index is 764. The third kappa shape index (κ3) is 4.32. The summed E-state index contributed by atoms with van der Waals surface area (Å²) in [4.78, 5) is 7.73. The third-order valence-electron chi connectivity index (χ3n) is 6.24. The molecule has 1 saturated heterocycles. The van der Waals surface area contributed by atoms with Crippen LogP contribution in [0.25, 0.3) is 0 Å². The van der Waals surface area contributed by atoms with Gasteiger partial charge in [-0.1, -0.05) is 19.1 Å². The predicted molar refractivity (Wildman–Crippen MR) is 115 cm³/mol. The predicted octanol–water partition coefficient (Wildman–Crippen LogP) is 4.13. The van der Waals surface area contributed by atoms with Gasteiger partial charge in [-0.25, -0.2) is 0 Å². The first-order valence-corrected chi connectivity index (χ1v) is 10.2. The largest absolute Gasteiger partial charge is 0.371 e. The SMILES string of the molecule is Cc1cc[c-]cc1.[CH2-]CCN1CC[C@H]2[C@@H](C1)c1cccc3c1N2CCN3C.[Y]. The Labute approximate surface area is 196 Å². The topological polar surface area (TPSA) is 9.72 Å². The van der Waals surface area contributed by atoms with E-state index in [1.54, 1.807) is 5.56 Å². The Morgan fingerprint density at radius 1 is 1.11 bits per heavy atom. The Kier molecular flexibility index (Phi) is 7.58. The van der Waals surface area contributed by atoms with E-state index in [1.165, 1.54) is 43.0 Å². The number of hydrogen-bond donors (Lipinski definition) is 0. The number of likely N-dealkylation sites (N-methyl/N-ethyl adjacent to an activating group) is 1. The van der Waals surface area contributed by atoms with E-state index in [4.69, 9.17) is 0 Å². The maximum atomic E-state index is 4.02. The molecule has 28 heavy (non-hydrogen) atoms. The molecule has 0 spiro atoms. The Hall–Kier alpha value is -0.896. The van der Waals surface area contributed by atoms with Crippen molar-refractivity contribution in [2.45, 2.75) is 31.7 Å². The first-order valence-electron chi connectivity index (χ1n) is 10.2. The number of benzene rings is 2. The first-order chi connectivity index (χ1) is 13.2. The zero-order chi connectivity index (χ0) is 18.8. The van der Waals surface area contributed by atoms with E-state index in [0.29, 0.717) is 5.92 Å². The molecule has 0 bridgehead atoms. The van der Waals surface area contributed by atoms with E-state index >= 15 is 0 Å². The number of para-hydroxylation sites is 1. The van der Waals surface area contributed by atoms with E-state index in [9.17, 15) is 0 Å². The molecule has 2 aromatic rings. The maximum absolute atomic E-state index is 4.02. The zero-order valence-electron chi connectivity index (χ0n) is 17.3. The first kappa shape index (κ1) is 21.8. The monoisotopic (exact) mass is 450 g/mol. The van der Waals surface area contributed by atoms with Crippen molar-refractivity contribution < 1.29 is 32.7 Å². The summed E-state index contributed by atoms with van der Waals surface area (Å²) in [5.74, 6) is 0.705. The minimum Gasteiger partial charge on any atom is -0.371 e. The van der Waals surface area contributed by atoms with Crippen molar-refractivity contribution in [3.8, 4) is 0 Å². The summed E-state index contributed by atoms with van der Waals surface area (Å²) in [6, 6.07) is 18.4. The van der Waals surface area contributed by atoms with Crippen molar-refractivity contribution in [2.24, 2.45) is 0 Å². The fourth-order valence-corrected chi connectivity index (χ4v) is 4.87. The van der Waals surface area contributed by atoms with Crippen molar-refractivity contribution in [2.75, 3.05) is 49.6 Å². The summed E-state index contributed by atoms with van der Waals surface area (Å²) in [5.41, 5.74) is 5.85. The van der Waals surface area contributed by atoms with Crippen LogP contribution in [0.3, 0.4) is 0 Å². The van der Waals surface area contributed by atoms with Crippen LogP contribution < -0.4 is 9.80 Å². The van der Waals surface area contributed by atoms with E-state index in [-0.39, 0.29) is 32.7 Å². The quantitative estimate of drug-likeness (QED) is 0.638. The van der Waals surface area contributed by atoms with Gasteiger partial charge in [0, 0.05) is 77.9 Å². The summed E-state index contributed by atoms with van der Waals surface area (Å²) < 4.78 is 0. The molecular formula is C24H31N3Y-2. The van der Waals surface area contributed by atoms with Crippen molar-refractivity contribution in [1.82, 2.24) is 4.90 Å². The van der Waals surface area contributed by atoms with E-state index < -0.39 is 0 Å². The summed E-state index contributed by atoms with van der Waals surface area (Å²) >= 11 is 0. The van der Waals surface area contributed by atoms with Gasteiger partial charge in [0.25, 0.3) is 0 Å². The van der Waals surface area contributed by atoms with Gasteiger partial charge in [-0.05, 0) is 24.6 Å². The molecule has 0 N–H and O–H groups in total. The minimum absolute atomic E-state index is 0. The average molecular weight is 450 g/mol. The Morgan fingerprint density at radius 2 is 1.89 bits per heavy atom. The molecule has 3 heterocycles. The Morgan fingerprint density at radius 3 is 2.57 bits per heavy atom. The molecule has 147 valence electrons. The third-order valence-corrected chi connectivity index (χ3v) is 6.24. The number of fused-ring (bicyclic) bond motifs is 3. The molecule has 1 fully saturated rings. The molecule has 4 heteroatoms. The fraction of sp³-hybridized carbons (Fsp3) is 0.458. The fourth-order valence-electron chi connectivity index (χ4n) is 4.87. The number of aryl methyl sites for hydroxylation is 1.